The first-order chi connectivity index (χ1) is 11.0. The van der Waals surface area contributed by atoms with Gasteiger partial charge in [-0.1, -0.05) is 35.6 Å². The van der Waals surface area contributed by atoms with Crippen molar-refractivity contribution in [3.8, 4) is 5.75 Å². The lowest BCUT2D eigenvalue weighted by molar-refractivity contribution is 0.276. The molecule has 0 radical (unpaired) electrons. The van der Waals surface area contributed by atoms with Crippen LogP contribution in [0, 0.1) is 12.8 Å². The highest BCUT2D eigenvalue weighted by Gasteiger charge is 2.53. The molecule has 1 aliphatic carbocycles. The van der Waals surface area contributed by atoms with Gasteiger partial charge in [-0.2, -0.15) is 0 Å². The van der Waals surface area contributed by atoms with Crippen molar-refractivity contribution in [3.63, 3.8) is 0 Å². The monoisotopic (exact) mass is 327 g/mol. The minimum absolute atomic E-state index is 0.110. The molecule has 2 aromatic rings. The first-order valence-electron chi connectivity index (χ1n) is 8.04. The average Bonchev–Trinajstić information content (AvgIpc) is 2.54. The minimum Gasteiger partial charge on any atom is -0.626 e. The van der Waals surface area contributed by atoms with Crippen molar-refractivity contribution in [3.05, 3.63) is 53.6 Å². The summed E-state index contributed by atoms with van der Waals surface area (Å²) in [7, 11) is -0.799. The number of nitrogens with zero attached hydrogens (tertiary/aromatic N) is 1. The summed E-state index contributed by atoms with van der Waals surface area (Å²) >= 11 is 0. The van der Waals surface area contributed by atoms with Gasteiger partial charge in [-0.15, -0.1) is 0 Å². The molecule has 0 aromatic heterocycles. The molecule has 0 N–H and O–H groups in total. The number of aryl methyl sites for hydroxylation is 1. The van der Waals surface area contributed by atoms with Crippen LogP contribution in [0.4, 0.5) is 5.69 Å². The van der Waals surface area contributed by atoms with Crippen molar-refractivity contribution in [2.45, 2.75) is 36.3 Å². The number of fused-ring (bicyclic) bond motifs is 3. The Balaban J connectivity index is 2.00. The highest BCUT2D eigenvalue weighted by Crippen LogP contribution is 2.58. The predicted molar refractivity (Wildman–Crippen MR) is 93.0 cm³/mol. The highest BCUT2D eigenvalue weighted by molar-refractivity contribution is 8.00. The number of ether oxygens (including phenoxy) is 1. The molecule has 120 valence electrons. The van der Waals surface area contributed by atoms with Gasteiger partial charge in [0.15, 0.2) is 5.69 Å². The highest BCUT2D eigenvalue weighted by atomic mass is 32.3. The second-order valence-corrected chi connectivity index (χ2v) is 9.05. The Morgan fingerprint density at radius 1 is 1.22 bits per heavy atom. The van der Waals surface area contributed by atoms with Gasteiger partial charge >= 0.3 is 0 Å². The number of methoxy groups -OCH3 is 1. The fourth-order valence-electron chi connectivity index (χ4n) is 3.99. The van der Waals surface area contributed by atoms with Crippen LogP contribution in [0.5, 0.6) is 5.75 Å². The molecular formula is C19H21NO2S. The maximum Gasteiger partial charge on any atom is 0.155 e. The molecular weight excluding hydrogens is 306 g/mol. The molecule has 0 bridgehead atoms. The first kappa shape index (κ1) is 14.9. The van der Waals surface area contributed by atoms with E-state index in [9.17, 15) is 4.55 Å². The molecule has 2 aliphatic rings. The van der Waals surface area contributed by atoms with Gasteiger partial charge in [-0.25, -0.2) is 0 Å². The summed E-state index contributed by atoms with van der Waals surface area (Å²) in [5.74, 6) is 1.58. The predicted octanol–water partition coefficient (Wildman–Crippen LogP) is 4.67. The van der Waals surface area contributed by atoms with Gasteiger partial charge in [-0.3, -0.25) is 0 Å². The van der Waals surface area contributed by atoms with Crippen LogP contribution in [0.3, 0.4) is 0 Å². The van der Waals surface area contributed by atoms with Crippen molar-refractivity contribution in [1.82, 2.24) is 0 Å². The Morgan fingerprint density at radius 3 is 2.61 bits per heavy atom. The lowest BCUT2D eigenvalue weighted by Crippen LogP contribution is -2.48. The van der Waals surface area contributed by atoms with Crippen molar-refractivity contribution in [1.29, 1.82) is 0 Å². The van der Waals surface area contributed by atoms with E-state index in [1.165, 1.54) is 11.1 Å². The lowest BCUT2D eigenvalue weighted by atomic mass is 9.69. The Labute approximate surface area is 138 Å². The molecule has 0 spiro atoms. The van der Waals surface area contributed by atoms with E-state index in [4.69, 9.17) is 9.10 Å². The Hall–Kier alpha value is -1.65. The van der Waals surface area contributed by atoms with E-state index in [2.05, 4.69) is 19.9 Å². The molecule has 1 heterocycles. The second kappa shape index (κ2) is 5.18. The average molecular weight is 327 g/mol. The number of benzene rings is 2. The smallest absolute Gasteiger partial charge is 0.155 e. The zero-order valence-corrected chi connectivity index (χ0v) is 14.5. The molecule has 23 heavy (non-hydrogen) atoms. The van der Waals surface area contributed by atoms with Crippen LogP contribution in [0.1, 0.15) is 30.4 Å². The number of rotatable bonds is 2. The van der Waals surface area contributed by atoms with Gasteiger partial charge in [0, 0.05) is 5.92 Å². The molecule has 4 atom stereocenters. The molecule has 0 saturated heterocycles. The Morgan fingerprint density at radius 2 is 1.96 bits per heavy atom. The van der Waals surface area contributed by atoms with E-state index in [1.54, 1.807) is 7.11 Å². The number of hydrogen-bond donors (Lipinski definition) is 0. The standard InChI is InChI=1S/C19H21NO2S/c1-12-9-15-18-13(2)11-17(18)23(21,14-7-5-4-6-8-14)20-19(15)16(10-12)22-3/h4-10,13,17-18H,11H2,1-3H3/t13-,17-,18-,23?/m1/s1. The van der Waals surface area contributed by atoms with Gasteiger partial charge in [0.25, 0.3) is 0 Å². The van der Waals surface area contributed by atoms with Crippen LogP contribution in [0.15, 0.2) is 51.7 Å². The van der Waals surface area contributed by atoms with Crippen molar-refractivity contribution in [2.75, 3.05) is 7.11 Å². The van der Waals surface area contributed by atoms with Gasteiger partial charge < -0.3 is 9.29 Å². The van der Waals surface area contributed by atoms with Crippen LogP contribution in [-0.2, 0) is 10.1 Å². The minimum atomic E-state index is -2.46. The van der Waals surface area contributed by atoms with Crippen LogP contribution in [0.2, 0.25) is 0 Å². The van der Waals surface area contributed by atoms with Gasteiger partial charge in [-0.05, 0) is 58.7 Å². The zero-order valence-electron chi connectivity index (χ0n) is 13.7. The Kier molecular flexibility index (Phi) is 3.36. The summed E-state index contributed by atoms with van der Waals surface area (Å²) < 4.78 is 24.2. The van der Waals surface area contributed by atoms with Crippen molar-refractivity contribution in [2.24, 2.45) is 10.3 Å². The SMILES string of the molecule is COc1cc(C)cc2c1N=[S+]([O-])(c1ccccc1)[C@@H]1C[C@@H](C)[C@H]21. The zero-order chi connectivity index (χ0) is 16.2. The molecule has 4 heteroatoms. The quantitative estimate of drug-likeness (QED) is 0.753. The summed E-state index contributed by atoms with van der Waals surface area (Å²) in [6, 6.07) is 13.9. The third kappa shape index (κ3) is 2.08. The van der Waals surface area contributed by atoms with E-state index in [0.717, 1.165) is 22.8 Å². The summed E-state index contributed by atoms with van der Waals surface area (Å²) in [6.45, 7) is 4.32. The molecule has 0 amide bonds. The van der Waals surface area contributed by atoms with Gasteiger partial charge in [0.2, 0.25) is 0 Å². The van der Waals surface area contributed by atoms with Crippen molar-refractivity contribution < 1.29 is 9.29 Å². The topological polar surface area (TPSA) is 44.6 Å². The van der Waals surface area contributed by atoms with E-state index in [0.29, 0.717) is 11.8 Å². The molecule has 2 aromatic carbocycles. The van der Waals surface area contributed by atoms with E-state index in [1.807, 2.05) is 36.4 Å². The fraction of sp³-hybridized carbons (Fsp3) is 0.368. The van der Waals surface area contributed by atoms with Crippen molar-refractivity contribution >= 4 is 15.8 Å². The lowest BCUT2D eigenvalue weighted by Gasteiger charge is -2.49. The molecule has 1 unspecified atom stereocenters. The molecule has 3 nitrogen and oxygen atoms in total. The maximum absolute atomic E-state index is 13.8. The summed E-state index contributed by atoms with van der Waals surface area (Å²) in [4.78, 5) is 0.843. The van der Waals surface area contributed by atoms with E-state index >= 15 is 0 Å². The third-order valence-corrected chi connectivity index (χ3v) is 7.87. The molecule has 1 saturated carbocycles. The van der Waals surface area contributed by atoms with E-state index < -0.39 is 10.1 Å². The van der Waals surface area contributed by atoms with Gasteiger partial charge in [0.1, 0.15) is 15.9 Å². The second-order valence-electron chi connectivity index (χ2n) is 6.66. The third-order valence-electron chi connectivity index (χ3n) is 5.16. The number of hydrogen-bond acceptors (Lipinski definition) is 3. The van der Waals surface area contributed by atoms with Gasteiger partial charge in [0.05, 0.1) is 7.11 Å². The van der Waals surface area contributed by atoms with Crippen LogP contribution >= 0.6 is 0 Å². The molecule has 1 aliphatic heterocycles. The maximum atomic E-state index is 13.8. The molecule has 4 rings (SSSR count). The largest absolute Gasteiger partial charge is 0.626 e. The molecule has 1 fully saturated rings. The summed E-state index contributed by atoms with van der Waals surface area (Å²) in [6.07, 6.45) is 0.970. The van der Waals surface area contributed by atoms with Crippen LogP contribution < -0.4 is 4.74 Å². The normalized spacial score (nSPS) is 31.4. The van der Waals surface area contributed by atoms with E-state index in [-0.39, 0.29) is 5.25 Å². The summed E-state index contributed by atoms with van der Waals surface area (Å²) in [5, 5.41) is 0.110. The Bertz CT molecular complexity index is 816. The van der Waals surface area contributed by atoms with Crippen LogP contribution in [-0.4, -0.2) is 16.9 Å². The summed E-state index contributed by atoms with van der Waals surface area (Å²) in [5.41, 5.74) is 3.17. The first-order valence-corrected chi connectivity index (χ1v) is 9.62. The van der Waals surface area contributed by atoms with Crippen LogP contribution in [0.25, 0.3) is 0 Å². The fourth-order valence-corrected chi connectivity index (χ4v) is 6.97.